The van der Waals surface area contributed by atoms with Gasteiger partial charge in [-0.1, -0.05) is 36.0 Å². The molecular formula is C12H9BrClFN2S. The van der Waals surface area contributed by atoms with Crippen molar-refractivity contribution >= 4 is 39.7 Å². The van der Waals surface area contributed by atoms with Gasteiger partial charge in [-0.15, -0.1) is 0 Å². The summed E-state index contributed by atoms with van der Waals surface area (Å²) in [7, 11) is 0. The van der Waals surface area contributed by atoms with E-state index in [1.807, 2.05) is 6.92 Å². The van der Waals surface area contributed by atoms with Crippen LogP contribution in [0.2, 0.25) is 5.02 Å². The summed E-state index contributed by atoms with van der Waals surface area (Å²) in [5.41, 5.74) is 1.36. The normalized spacial score (nSPS) is 10.7. The molecule has 1 aromatic heterocycles. The molecule has 18 heavy (non-hydrogen) atoms. The number of H-pyrrole nitrogens is 1. The Morgan fingerprint density at radius 2 is 2.22 bits per heavy atom. The van der Waals surface area contributed by atoms with Crippen LogP contribution in [0.4, 0.5) is 4.39 Å². The Kier molecular flexibility index (Phi) is 4.14. The van der Waals surface area contributed by atoms with Crippen molar-refractivity contribution in [2.75, 3.05) is 0 Å². The fourth-order valence-electron chi connectivity index (χ4n) is 1.58. The third-order valence-electron chi connectivity index (χ3n) is 2.47. The predicted molar refractivity (Wildman–Crippen MR) is 76.1 cm³/mol. The fourth-order valence-corrected chi connectivity index (χ4v) is 2.23. The molecule has 0 aliphatic heterocycles. The zero-order chi connectivity index (χ0) is 13.3. The Hall–Kier alpha value is -0.780. The van der Waals surface area contributed by atoms with Crippen LogP contribution in [0.1, 0.15) is 17.1 Å². The molecule has 0 saturated heterocycles. The number of hydrogen-bond donors (Lipinski definition) is 1. The average Bonchev–Trinajstić information content (AvgIpc) is 2.32. The van der Waals surface area contributed by atoms with Crippen LogP contribution in [0, 0.1) is 17.4 Å². The quantitative estimate of drug-likeness (QED) is 0.805. The van der Waals surface area contributed by atoms with Gasteiger partial charge in [0.15, 0.2) is 0 Å². The molecule has 0 aliphatic carbocycles. The van der Waals surface area contributed by atoms with Gasteiger partial charge in [-0.3, -0.25) is 0 Å². The molecule has 0 bridgehead atoms. The predicted octanol–water partition coefficient (Wildman–Crippen LogP) is 4.59. The van der Waals surface area contributed by atoms with E-state index < -0.39 is 5.82 Å². The molecule has 0 spiro atoms. The van der Waals surface area contributed by atoms with Crippen molar-refractivity contribution in [2.45, 2.75) is 13.3 Å². The second-order valence-electron chi connectivity index (χ2n) is 3.82. The van der Waals surface area contributed by atoms with Crippen molar-refractivity contribution in [1.82, 2.24) is 9.97 Å². The van der Waals surface area contributed by atoms with Crippen LogP contribution >= 0.6 is 39.7 Å². The molecule has 0 fully saturated rings. The summed E-state index contributed by atoms with van der Waals surface area (Å²) in [5, 5.41) is 0.111. The average molecular weight is 348 g/mol. The summed E-state index contributed by atoms with van der Waals surface area (Å²) in [4.78, 5) is 7.28. The zero-order valence-electron chi connectivity index (χ0n) is 9.43. The van der Waals surface area contributed by atoms with Crippen molar-refractivity contribution in [1.29, 1.82) is 0 Å². The molecule has 1 N–H and O–H groups in total. The van der Waals surface area contributed by atoms with Gasteiger partial charge >= 0.3 is 0 Å². The van der Waals surface area contributed by atoms with Gasteiger partial charge in [-0.05, 0) is 34.5 Å². The van der Waals surface area contributed by atoms with Crippen molar-refractivity contribution < 1.29 is 4.39 Å². The van der Waals surface area contributed by atoms with Gasteiger partial charge in [0.05, 0.1) is 9.50 Å². The summed E-state index contributed by atoms with van der Waals surface area (Å²) in [6.07, 6.45) is 0.324. The highest BCUT2D eigenvalue weighted by Crippen LogP contribution is 2.21. The lowest BCUT2D eigenvalue weighted by Gasteiger charge is -2.06. The van der Waals surface area contributed by atoms with E-state index in [0.717, 1.165) is 10.2 Å². The Balaban J connectivity index is 2.41. The maximum Gasteiger partial charge on any atom is 0.145 e. The Morgan fingerprint density at radius 1 is 1.50 bits per heavy atom. The van der Waals surface area contributed by atoms with Gasteiger partial charge in [-0.2, -0.15) is 0 Å². The number of aromatic amines is 1. The first kappa shape index (κ1) is 13.6. The van der Waals surface area contributed by atoms with Crippen LogP contribution in [0.15, 0.2) is 22.7 Å². The number of hydrogen-bond acceptors (Lipinski definition) is 2. The highest BCUT2D eigenvalue weighted by atomic mass is 79.9. The molecular weight excluding hydrogens is 339 g/mol. The Morgan fingerprint density at radius 3 is 2.89 bits per heavy atom. The third kappa shape index (κ3) is 2.79. The van der Waals surface area contributed by atoms with E-state index in [1.165, 1.54) is 6.07 Å². The lowest BCUT2D eigenvalue weighted by Crippen LogP contribution is -2.01. The molecule has 2 rings (SSSR count). The first-order valence-electron chi connectivity index (χ1n) is 5.17. The maximum atomic E-state index is 13.8. The van der Waals surface area contributed by atoms with E-state index in [-0.39, 0.29) is 5.02 Å². The van der Waals surface area contributed by atoms with Gasteiger partial charge in [0.1, 0.15) is 16.3 Å². The molecule has 0 unspecified atom stereocenters. The molecule has 0 atom stereocenters. The van der Waals surface area contributed by atoms with Gasteiger partial charge in [0.2, 0.25) is 0 Å². The van der Waals surface area contributed by atoms with E-state index in [1.54, 1.807) is 12.1 Å². The number of nitrogens with one attached hydrogen (secondary N) is 1. The largest absolute Gasteiger partial charge is 0.346 e. The maximum absolute atomic E-state index is 13.8. The van der Waals surface area contributed by atoms with Crippen molar-refractivity contribution in [3.05, 3.63) is 55.2 Å². The summed E-state index contributed by atoms with van der Waals surface area (Å²) in [6, 6.07) is 4.90. The van der Waals surface area contributed by atoms with Crippen LogP contribution < -0.4 is 0 Å². The van der Waals surface area contributed by atoms with Crippen LogP contribution in [0.25, 0.3) is 0 Å². The molecule has 0 saturated carbocycles. The molecule has 0 amide bonds. The van der Waals surface area contributed by atoms with E-state index in [2.05, 4.69) is 25.9 Å². The Bertz CT molecular complexity index is 657. The molecule has 94 valence electrons. The minimum atomic E-state index is -0.416. The molecule has 2 nitrogen and oxygen atoms in total. The van der Waals surface area contributed by atoms with Crippen LogP contribution in [0.5, 0.6) is 0 Å². The van der Waals surface area contributed by atoms with Crippen molar-refractivity contribution in [3.63, 3.8) is 0 Å². The van der Waals surface area contributed by atoms with E-state index in [0.29, 0.717) is 22.4 Å². The summed E-state index contributed by atoms with van der Waals surface area (Å²) in [6.45, 7) is 1.87. The van der Waals surface area contributed by atoms with Gasteiger partial charge in [0.25, 0.3) is 0 Å². The molecule has 1 aromatic carbocycles. The molecule has 0 radical (unpaired) electrons. The minimum absolute atomic E-state index is 0.111. The Labute approximate surface area is 122 Å². The highest BCUT2D eigenvalue weighted by Gasteiger charge is 2.09. The SMILES string of the molecule is Cc1[nH]c(Cc2cccc(Cl)c2F)nc(=S)c1Br. The van der Waals surface area contributed by atoms with Gasteiger partial charge in [-0.25, -0.2) is 9.37 Å². The number of rotatable bonds is 2. The first-order valence-corrected chi connectivity index (χ1v) is 6.75. The second kappa shape index (κ2) is 5.47. The number of benzene rings is 1. The number of aromatic nitrogens is 2. The first-order chi connectivity index (χ1) is 8.49. The van der Waals surface area contributed by atoms with E-state index in [4.69, 9.17) is 23.8 Å². The van der Waals surface area contributed by atoms with Crippen molar-refractivity contribution in [2.24, 2.45) is 0 Å². The standard InChI is InChI=1S/C12H9BrClFN2S/c1-6-10(13)12(18)17-9(16-6)5-7-3-2-4-8(14)11(7)15/h2-4H,5H2,1H3,(H,16,17,18). The zero-order valence-corrected chi connectivity index (χ0v) is 12.6. The van der Waals surface area contributed by atoms with Gasteiger partial charge < -0.3 is 4.98 Å². The smallest absolute Gasteiger partial charge is 0.145 e. The van der Waals surface area contributed by atoms with E-state index in [9.17, 15) is 4.39 Å². The second-order valence-corrected chi connectivity index (χ2v) is 5.40. The summed E-state index contributed by atoms with van der Waals surface area (Å²) in [5.74, 6) is 0.197. The molecule has 2 aromatic rings. The highest BCUT2D eigenvalue weighted by molar-refractivity contribution is 9.10. The molecule has 1 heterocycles. The van der Waals surface area contributed by atoms with Crippen LogP contribution in [-0.4, -0.2) is 9.97 Å². The molecule has 0 aliphatic rings. The van der Waals surface area contributed by atoms with Gasteiger partial charge in [0, 0.05) is 12.1 Å². The summed E-state index contributed by atoms with van der Waals surface area (Å²) < 4.78 is 15.0. The minimum Gasteiger partial charge on any atom is -0.346 e. The van der Waals surface area contributed by atoms with Crippen molar-refractivity contribution in [3.8, 4) is 0 Å². The lowest BCUT2D eigenvalue weighted by molar-refractivity contribution is 0.612. The number of aryl methyl sites for hydroxylation is 1. The molecule has 6 heteroatoms. The monoisotopic (exact) mass is 346 g/mol. The van der Waals surface area contributed by atoms with Crippen LogP contribution in [0.3, 0.4) is 0 Å². The lowest BCUT2D eigenvalue weighted by atomic mass is 10.1. The number of nitrogens with zero attached hydrogens (tertiary/aromatic N) is 1. The summed E-state index contributed by atoms with van der Waals surface area (Å²) >= 11 is 14.2. The fraction of sp³-hybridized carbons (Fsp3) is 0.167. The third-order valence-corrected chi connectivity index (χ3v) is 4.29. The van der Waals surface area contributed by atoms with E-state index >= 15 is 0 Å². The van der Waals surface area contributed by atoms with Crippen LogP contribution in [-0.2, 0) is 6.42 Å². The topological polar surface area (TPSA) is 28.7 Å². The number of halogens is 3.